The highest BCUT2D eigenvalue weighted by atomic mass is 14.9. The number of aromatic amines is 2. The Morgan fingerprint density at radius 3 is 1.22 bits per heavy atom. The molecule has 0 saturated heterocycles. The Morgan fingerprint density at radius 1 is 0.438 bits per heavy atom. The van der Waals surface area contributed by atoms with Crippen molar-refractivity contribution >= 4 is 22.1 Å². The Kier molecular flexibility index (Phi) is 5.75. The van der Waals surface area contributed by atoms with Crippen LogP contribution in [-0.2, 0) is 12.8 Å². The summed E-state index contributed by atoms with van der Waals surface area (Å²) in [7, 11) is 0. The minimum absolute atomic E-state index is 0.857. The number of para-hydroxylation sites is 4. The summed E-state index contributed by atoms with van der Waals surface area (Å²) < 4.78 is 0. The minimum Gasteiger partial charge on any atom is -0.342 e. The topological polar surface area (TPSA) is 57.4 Å². The van der Waals surface area contributed by atoms with E-state index in [1.54, 1.807) is 0 Å². The number of hydrogen-bond donors (Lipinski definition) is 2. The Morgan fingerprint density at radius 2 is 0.812 bits per heavy atom. The highest BCUT2D eigenvalue weighted by Gasteiger charge is 2.03. The zero-order valence-corrected chi connectivity index (χ0v) is 17.7. The van der Waals surface area contributed by atoms with Gasteiger partial charge in [0, 0.05) is 12.8 Å². The van der Waals surface area contributed by atoms with E-state index in [0.29, 0.717) is 0 Å². The van der Waals surface area contributed by atoms with Crippen molar-refractivity contribution in [2.24, 2.45) is 0 Å². The maximum Gasteiger partial charge on any atom is 0.111 e. The zero-order valence-electron chi connectivity index (χ0n) is 17.7. The largest absolute Gasteiger partial charge is 0.342 e. The molecular formula is C28H24N4. The van der Waals surface area contributed by atoms with Gasteiger partial charge in [-0.1, -0.05) is 84.9 Å². The first-order valence-electron chi connectivity index (χ1n) is 10.8. The van der Waals surface area contributed by atoms with Gasteiger partial charge in [-0.2, -0.15) is 0 Å². The summed E-state index contributed by atoms with van der Waals surface area (Å²) in [5, 5.41) is 0. The van der Waals surface area contributed by atoms with Crippen LogP contribution in [0.4, 0.5) is 0 Å². The maximum absolute atomic E-state index is 4.55. The van der Waals surface area contributed by atoms with E-state index in [-0.39, 0.29) is 0 Å². The maximum atomic E-state index is 4.55. The van der Waals surface area contributed by atoms with Crippen molar-refractivity contribution in [2.45, 2.75) is 12.8 Å². The van der Waals surface area contributed by atoms with Crippen LogP contribution in [-0.4, -0.2) is 19.9 Å². The third kappa shape index (κ3) is 4.76. The van der Waals surface area contributed by atoms with E-state index in [2.05, 4.69) is 80.6 Å². The molecule has 0 spiro atoms. The number of rotatable bonds is 4. The van der Waals surface area contributed by atoms with E-state index in [1.165, 1.54) is 11.1 Å². The number of benzene rings is 4. The first-order valence-corrected chi connectivity index (χ1v) is 10.8. The van der Waals surface area contributed by atoms with E-state index in [1.807, 2.05) is 48.5 Å². The highest BCUT2D eigenvalue weighted by molar-refractivity contribution is 5.75. The van der Waals surface area contributed by atoms with Gasteiger partial charge in [-0.05, 0) is 35.4 Å². The second kappa shape index (κ2) is 9.31. The molecule has 32 heavy (non-hydrogen) atoms. The van der Waals surface area contributed by atoms with Gasteiger partial charge < -0.3 is 9.97 Å². The van der Waals surface area contributed by atoms with Crippen LogP contribution in [0.3, 0.4) is 0 Å². The van der Waals surface area contributed by atoms with Crippen molar-refractivity contribution in [1.29, 1.82) is 0 Å². The molecule has 0 aliphatic heterocycles. The number of hydrogen-bond acceptors (Lipinski definition) is 2. The van der Waals surface area contributed by atoms with Gasteiger partial charge in [-0.15, -0.1) is 0 Å². The summed E-state index contributed by atoms with van der Waals surface area (Å²) in [4.78, 5) is 15.8. The van der Waals surface area contributed by atoms with Gasteiger partial charge in [0.05, 0.1) is 22.1 Å². The normalized spacial score (nSPS) is 10.8. The molecule has 6 aromatic rings. The minimum atomic E-state index is 0.857. The van der Waals surface area contributed by atoms with Gasteiger partial charge in [0.15, 0.2) is 0 Å². The number of nitrogens with one attached hydrogen (secondary N) is 2. The lowest BCUT2D eigenvalue weighted by molar-refractivity contribution is 1.04. The second-order valence-electron chi connectivity index (χ2n) is 7.73. The molecule has 2 heterocycles. The molecule has 0 radical (unpaired) electrons. The summed E-state index contributed by atoms with van der Waals surface area (Å²) in [6, 6.07) is 37.0. The molecule has 0 aliphatic carbocycles. The fourth-order valence-electron chi connectivity index (χ4n) is 3.76. The Labute approximate surface area is 187 Å². The number of nitrogens with zero attached hydrogens (tertiary/aromatic N) is 2. The van der Waals surface area contributed by atoms with Gasteiger partial charge in [-0.3, -0.25) is 0 Å². The van der Waals surface area contributed by atoms with Gasteiger partial charge in [-0.25, -0.2) is 9.97 Å². The Hall–Kier alpha value is -4.18. The Balaban J connectivity index is 0.000000135. The van der Waals surface area contributed by atoms with E-state index in [9.17, 15) is 0 Å². The quantitative estimate of drug-likeness (QED) is 0.354. The number of fused-ring (bicyclic) bond motifs is 2. The monoisotopic (exact) mass is 416 g/mol. The number of aromatic nitrogens is 4. The smallest absolute Gasteiger partial charge is 0.111 e. The van der Waals surface area contributed by atoms with Crippen molar-refractivity contribution in [2.75, 3.05) is 0 Å². The molecule has 0 atom stereocenters. The summed E-state index contributed by atoms with van der Waals surface area (Å²) in [6.45, 7) is 0. The van der Waals surface area contributed by atoms with Crippen molar-refractivity contribution in [1.82, 2.24) is 19.9 Å². The fourth-order valence-corrected chi connectivity index (χ4v) is 3.76. The van der Waals surface area contributed by atoms with E-state index in [0.717, 1.165) is 46.6 Å². The molecule has 4 nitrogen and oxygen atoms in total. The first kappa shape index (κ1) is 19.8. The van der Waals surface area contributed by atoms with E-state index in [4.69, 9.17) is 0 Å². The first-order chi connectivity index (χ1) is 15.8. The molecule has 0 unspecified atom stereocenters. The van der Waals surface area contributed by atoms with Gasteiger partial charge >= 0.3 is 0 Å². The van der Waals surface area contributed by atoms with Crippen LogP contribution in [0.25, 0.3) is 22.1 Å². The predicted octanol–water partition coefficient (Wildman–Crippen LogP) is 6.31. The van der Waals surface area contributed by atoms with Crippen LogP contribution >= 0.6 is 0 Å². The van der Waals surface area contributed by atoms with Crippen LogP contribution in [0.15, 0.2) is 109 Å². The summed E-state index contributed by atoms with van der Waals surface area (Å²) >= 11 is 0. The molecule has 0 fully saturated rings. The third-order valence-electron chi connectivity index (χ3n) is 5.31. The van der Waals surface area contributed by atoms with Crippen molar-refractivity contribution in [3.8, 4) is 0 Å². The van der Waals surface area contributed by atoms with Gasteiger partial charge in [0.2, 0.25) is 0 Å². The summed E-state index contributed by atoms with van der Waals surface area (Å²) in [5.41, 5.74) is 6.84. The van der Waals surface area contributed by atoms with Crippen molar-refractivity contribution in [3.05, 3.63) is 132 Å². The number of imidazole rings is 2. The Bertz CT molecular complexity index is 1240. The highest BCUT2D eigenvalue weighted by Crippen LogP contribution is 2.14. The van der Waals surface area contributed by atoms with E-state index < -0.39 is 0 Å². The predicted molar refractivity (Wildman–Crippen MR) is 131 cm³/mol. The van der Waals surface area contributed by atoms with Gasteiger partial charge in [0.25, 0.3) is 0 Å². The van der Waals surface area contributed by atoms with Crippen molar-refractivity contribution in [3.63, 3.8) is 0 Å². The number of H-pyrrole nitrogens is 2. The molecule has 0 aliphatic rings. The molecule has 6 rings (SSSR count). The SMILES string of the molecule is c1ccc(Cc2nc3ccccc3[nH]2)cc1.c1ccc(Cc2nc3ccccc3[nH]2)cc1. The average molecular weight is 417 g/mol. The van der Waals surface area contributed by atoms with Crippen LogP contribution in [0.1, 0.15) is 22.8 Å². The molecule has 2 aromatic heterocycles. The summed E-state index contributed by atoms with van der Waals surface area (Å²) in [5.74, 6) is 2.04. The standard InChI is InChI=1S/2C14H12N2/c2*1-2-6-11(7-3-1)10-14-15-12-8-4-5-9-13(12)16-14/h2*1-9H,10H2,(H,15,16). The lowest BCUT2D eigenvalue weighted by atomic mass is 10.1. The molecule has 2 N–H and O–H groups in total. The molecule has 4 heteroatoms. The van der Waals surface area contributed by atoms with Gasteiger partial charge in [0.1, 0.15) is 11.6 Å². The average Bonchev–Trinajstić information content (AvgIpc) is 3.43. The zero-order chi connectivity index (χ0) is 21.6. The lowest BCUT2D eigenvalue weighted by Gasteiger charge is -1.96. The summed E-state index contributed by atoms with van der Waals surface area (Å²) in [6.07, 6.45) is 1.71. The third-order valence-corrected chi connectivity index (χ3v) is 5.31. The van der Waals surface area contributed by atoms with Crippen LogP contribution in [0.2, 0.25) is 0 Å². The second-order valence-corrected chi connectivity index (χ2v) is 7.73. The lowest BCUT2D eigenvalue weighted by Crippen LogP contribution is -1.89. The van der Waals surface area contributed by atoms with E-state index >= 15 is 0 Å². The molecule has 156 valence electrons. The molecular weight excluding hydrogens is 392 g/mol. The van der Waals surface area contributed by atoms with Crippen molar-refractivity contribution < 1.29 is 0 Å². The molecule has 0 amide bonds. The molecule has 0 saturated carbocycles. The molecule has 0 bridgehead atoms. The van der Waals surface area contributed by atoms with Crippen LogP contribution < -0.4 is 0 Å². The fraction of sp³-hybridized carbons (Fsp3) is 0.0714. The van der Waals surface area contributed by atoms with Crippen LogP contribution in [0, 0.1) is 0 Å². The molecule has 4 aromatic carbocycles. The van der Waals surface area contributed by atoms with Crippen LogP contribution in [0.5, 0.6) is 0 Å².